The smallest absolute Gasteiger partial charge is 0.162 e. The molecule has 0 bridgehead atoms. The van der Waals surface area contributed by atoms with Gasteiger partial charge < -0.3 is 5.32 Å². The molecule has 0 saturated heterocycles. The molecule has 1 aliphatic heterocycles. The summed E-state index contributed by atoms with van der Waals surface area (Å²) in [6, 6.07) is 10.7. The molecular formula is C21H24N2O. The van der Waals surface area contributed by atoms with Gasteiger partial charge >= 0.3 is 0 Å². The standard InChI is InChI=1S/C21H24N2O/c1-5-14-6-8-15(9-7-14)19-16(12-22)13(2)23-17-10-21(3,4)11-18(24)20(17)19/h6-9,19,23H,5,10-11H2,1-4H3/t19-/m1/s1. The summed E-state index contributed by atoms with van der Waals surface area (Å²) in [5.74, 6) is -0.0701. The summed E-state index contributed by atoms with van der Waals surface area (Å²) in [5.41, 5.74) is 5.57. The van der Waals surface area contributed by atoms with Crippen LogP contribution < -0.4 is 5.32 Å². The van der Waals surface area contributed by atoms with Gasteiger partial charge in [-0.15, -0.1) is 0 Å². The summed E-state index contributed by atoms with van der Waals surface area (Å²) in [6.07, 6.45) is 2.36. The number of nitrogens with one attached hydrogen (secondary N) is 1. The number of hydrogen-bond acceptors (Lipinski definition) is 3. The molecule has 1 atom stereocenters. The summed E-state index contributed by atoms with van der Waals surface area (Å²) >= 11 is 0. The van der Waals surface area contributed by atoms with E-state index in [0.29, 0.717) is 12.0 Å². The van der Waals surface area contributed by atoms with Gasteiger partial charge in [0.1, 0.15) is 0 Å². The van der Waals surface area contributed by atoms with Crippen molar-refractivity contribution in [3.05, 3.63) is 57.9 Å². The molecule has 0 fully saturated rings. The highest BCUT2D eigenvalue weighted by Crippen LogP contribution is 2.46. The van der Waals surface area contributed by atoms with Gasteiger partial charge in [-0.1, -0.05) is 45.0 Å². The molecule has 1 aromatic rings. The molecule has 0 aromatic heterocycles. The fourth-order valence-electron chi connectivity index (χ4n) is 3.86. The Labute approximate surface area is 144 Å². The molecule has 0 unspecified atom stereocenters. The molecule has 124 valence electrons. The number of carbonyl (C=O) groups is 1. The van der Waals surface area contributed by atoms with Gasteiger partial charge in [-0.3, -0.25) is 4.79 Å². The third-order valence-electron chi connectivity index (χ3n) is 5.08. The number of carbonyl (C=O) groups excluding carboxylic acids is 1. The van der Waals surface area contributed by atoms with Crippen LogP contribution in [-0.4, -0.2) is 5.78 Å². The topological polar surface area (TPSA) is 52.9 Å². The Balaban J connectivity index is 2.14. The Kier molecular flexibility index (Phi) is 4.09. The van der Waals surface area contributed by atoms with E-state index in [1.165, 1.54) is 5.56 Å². The zero-order chi connectivity index (χ0) is 17.5. The summed E-state index contributed by atoms with van der Waals surface area (Å²) in [5, 5.41) is 13.0. The van der Waals surface area contributed by atoms with Gasteiger partial charge in [-0.05, 0) is 36.3 Å². The normalized spacial score (nSPS) is 22.8. The van der Waals surface area contributed by atoms with Gasteiger partial charge in [-0.2, -0.15) is 5.26 Å². The van der Waals surface area contributed by atoms with E-state index in [-0.39, 0.29) is 17.1 Å². The van der Waals surface area contributed by atoms with Crippen molar-refractivity contribution in [3.63, 3.8) is 0 Å². The Morgan fingerprint density at radius 1 is 1.25 bits per heavy atom. The minimum atomic E-state index is -0.235. The van der Waals surface area contributed by atoms with Gasteiger partial charge in [0.15, 0.2) is 5.78 Å². The molecule has 0 amide bonds. The molecule has 3 nitrogen and oxygen atoms in total. The minimum absolute atomic E-state index is 0.0377. The number of benzene rings is 1. The van der Waals surface area contributed by atoms with Gasteiger partial charge in [0.2, 0.25) is 0 Å². The van der Waals surface area contributed by atoms with E-state index in [1.807, 2.05) is 6.92 Å². The predicted molar refractivity (Wildman–Crippen MR) is 95.1 cm³/mol. The Morgan fingerprint density at radius 2 is 1.92 bits per heavy atom. The van der Waals surface area contributed by atoms with E-state index in [4.69, 9.17) is 0 Å². The van der Waals surface area contributed by atoms with E-state index < -0.39 is 0 Å². The van der Waals surface area contributed by atoms with Crippen LogP contribution >= 0.6 is 0 Å². The van der Waals surface area contributed by atoms with Crippen molar-refractivity contribution in [2.24, 2.45) is 5.41 Å². The zero-order valence-electron chi connectivity index (χ0n) is 14.9. The zero-order valence-corrected chi connectivity index (χ0v) is 14.9. The van der Waals surface area contributed by atoms with Crippen molar-refractivity contribution in [2.45, 2.75) is 52.9 Å². The monoisotopic (exact) mass is 320 g/mol. The second-order valence-electron chi connectivity index (χ2n) is 7.64. The van der Waals surface area contributed by atoms with Crippen LogP contribution in [0.1, 0.15) is 57.6 Å². The molecule has 24 heavy (non-hydrogen) atoms. The van der Waals surface area contributed by atoms with Crippen LogP contribution in [0, 0.1) is 16.7 Å². The van der Waals surface area contributed by atoms with Crippen molar-refractivity contribution in [1.82, 2.24) is 5.32 Å². The van der Waals surface area contributed by atoms with Crippen molar-refractivity contribution in [2.75, 3.05) is 0 Å². The maximum absolute atomic E-state index is 12.9. The molecular weight excluding hydrogens is 296 g/mol. The first kappa shape index (κ1) is 16.5. The summed E-state index contributed by atoms with van der Waals surface area (Å²) in [4.78, 5) is 12.9. The number of Topliss-reactive ketones (excluding diaryl/α,β-unsaturated/α-hetero) is 1. The van der Waals surface area contributed by atoms with Gasteiger partial charge in [0.25, 0.3) is 0 Å². The van der Waals surface area contributed by atoms with Crippen molar-refractivity contribution < 1.29 is 4.79 Å². The molecule has 1 aliphatic carbocycles. The quantitative estimate of drug-likeness (QED) is 0.880. The average molecular weight is 320 g/mol. The molecule has 0 radical (unpaired) electrons. The van der Waals surface area contributed by atoms with Crippen molar-refractivity contribution in [1.29, 1.82) is 5.26 Å². The summed E-state index contributed by atoms with van der Waals surface area (Å²) in [6.45, 7) is 8.31. The molecule has 3 heteroatoms. The first-order valence-corrected chi connectivity index (χ1v) is 8.59. The lowest BCUT2D eigenvalue weighted by molar-refractivity contribution is -0.118. The second-order valence-corrected chi connectivity index (χ2v) is 7.64. The molecule has 1 N–H and O–H groups in total. The molecule has 1 aromatic carbocycles. The van der Waals surface area contributed by atoms with E-state index in [2.05, 4.69) is 56.4 Å². The first-order chi connectivity index (χ1) is 11.4. The van der Waals surface area contributed by atoms with Crippen LogP contribution in [0.3, 0.4) is 0 Å². The number of nitriles is 1. The van der Waals surface area contributed by atoms with Gasteiger partial charge in [0, 0.05) is 23.4 Å². The van der Waals surface area contributed by atoms with Gasteiger partial charge in [-0.25, -0.2) is 0 Å². The number of dihydropyridines is 1. The number of nitrogens with zero attached hydrogens (tertiary/aromatic N) is 1. The predicted octanol–water partition coefficient (Wildman–Crippen LogP) is 4.38. The first-order valence-electron chi connectivity index (χ1n) is 8.59. The lowest BCUT2D eigenvalue weighted by Gasteiger charge is -2.38. The van der Waals surface area contributed by atoms with E-state index >= 15 is 0 Å². The highest BCUT2D eigenvalue weighted by atomic mass is 16.1. The summed E-state index contributed by atoms with van der Waals surface area (Å²) < 4.78 is 0. The van der Waals surface area contributed by atoms with E-state index in [0.717, 1.165) is 35.4 Å². The number of rotatable bonds is 2. The van der Waals surface area contributed by atoms with Crippen LogP contribution in [0.25, 0.3) is 0 Å². The fourth-order valence-corrected chi connectivity index (χ4v) is 3.86. The average Bonchev–Trinajstić information content (AvgIpc) is 2.52. The number of hydrogen-bond donors (Lipinski definition) is 1. The van der Waals surface area contributed by atoms with Crippen LogP contribution in [-0.2, 0) is 11.2 Å². The molecule has 2 aliphatic rings. The lowest BCUT2D eigenvalue weighted by atomic mass is 9.69. The Hall–Kier alpha value is -2.34. The number of allylic oxidation sites excluding steroid dienone is 4. The fraction of sp³-hybridized carbons (Fsp3) is 0.429. The van der Waals surface area contributed by atoms with Crippen LogP contribution in [0.4, 0.5) is 0 Å². The SMILES string of the molecule is CCc1ccc([C@@H]2C(C#N)=C(C)NC3=C2C(=O)CC(C)(C)C3)cc1. The van der Waals surface area contributed by atoms with E-state index in [9.17, 15) is 10.1 Å². The summed E-state index contributed by atoms with van der Waals surface area (Å²) in [7, 11) is 0. The highest BCUT2D eigenvalue weighted by Gasteiger charge is 2.40. The molecule has 1 heterocycles. The maximum atomic E-state index is 12.9. The lowest BCUT2D eigenvalue weighted by Crippen LogP contribution is -2.36. The number of ketones is 1. The Morgan fingerprint density at radius 3 is 2.50 bits per heavy atom. The molecule has 3 rings (SSSR count). The van der Waals surface area contributed by atoms with Gasteiger partial charge in [0.05, 0.1) is 17.6 Å². The third kappa shape index (κ3) is 2.78. The third-order valence-corrected chi connectivity index (χ3v) is 5.08. The Bertz CT molecular complexity index is 788. The highest BCUT2D eigenvalue weighted by molar-refractivity contribution is 6.00. The van der Waals surface area contributed by atoms with Crippen molar-refractivity contribution in [3.8, 4) is 6.07 Å². The number of aryl methyl sites for hydroxylation is 1. The largest absolute Gasteiger partial charge is 0.361 e. The van der Waals surface area contributed by atoms with Crippen LogP contribution in [0.15, 0.2) is 46.8 Å². The minimum Gasteiger partial charge on any atom is -0.361 e. The molecule has 0 saturated carbocycles. The van der Waals surface area contributed by atoms with E-state index in [1.54, 1.807) is 0 Å². The maximum Gasteiger partial charge on any atom is 0.162 e. The molecule has 0 spiro atoms. The van der Waals surface area contributed by atoms with Crippen LogP contribution in [0.2, 0.25) is 0 Å². The van der Waals surface area contributed by atoms with Crippen LogP contribution in [0.5, 0.6) is 0 Å². The van der Waals surface area contributed by atoms with Crippen molar-refractivity contribution >= 4 is 5.78 Å². The second kappa shape index (κ2) is 5.94.